The van der Waals surface area contributed by atoms with Gasteiger partial charge in [0.1, 0.15) is 5.82 Å². The maximum atomic E-state index is 2.66. The standard InChI is InChI=1S/C67H56BN3/c1-8-66(3,4)41-35-37-55-53(39-41)63-65(69(55)7)71(58-32-19-30-52-48-24-13-11-22-44(48)46-26-15-17-28-50(46)62(52)58)60-34-20-33-59-64(60)68(63)54-40-42(67(5,6)9-2)36-38-56(54)70(59)57-31-18-29-51-47-23-12-10-21-43(47)45-25-14-16-27-49(45)61(51)57/h10-40H,8-9H2,1-7H3. The lowest BCUT2D eigenvalue weighted by molar-refractivity contribution is 0.506. The Morgan fingerprint density at radius 3 is 1.27 bits per heavy atom. The van der Waals surface area contributed by atoms with Crippen LogP contribution in [0.4, 0.5) is 34.3 Å². The summed E-state index contributed by atoms with van der Waals surface area (Å²) in [7, 11) is 2.31. The third kappa shape index (κ3) is 5.73. The van der Waals surface area contributed by atoms with Gasteiger partial charge < -0.3 is 9.47 Å². The minimum absolute atomic E-state index is 0.00480. The molecule has 4 heteroatoms. The van der Waals surface area contributed by atoms with Crippen LogP contribution in [0.15, 0.2) is 188 Å². The molecule has 0 saturated heterocycles. The first-order valence-corrected chi connectivity index (χ1v) is 25.7. The topological polar surface area (TPSA) is 11.4 Å². The van der Waals surface area contributed by atoms with E-state index in [9.17, 15) is 0 Å². The Kier molecular flexibility index (Phi) is 8.95. The maximum absolute atomic E-state index is 2.66. The van der Waals surface area contributed by atoms with Gasteiger partial charge >= 0.3 is 0 Å². The maximum Gasteiger partial charge on any atom is 0.255 e. The van der Waals surface area contributed by atoms with Gasteiger partial charge in [0.15, 0.2) is 0 Å². The first-order chi connectivity index (χ1) is 34.6. The first kappa shape index (κ1) is 42.1. The monoisotopic (exact) mass is 913 g/mol. The van der Waals surface area contributed by atoms with Crippen molar-refractivity contribution in [2.45, 2.75) is 65.2 Å². The lowest BCUT2D eigenvalue weighted by Crippen LogP contribution is -2.61. The van der Waals surface area contributed by atoms with Crippen LogP contribution < -0.4 is 26.2 Å². The van der Waals surface area contributed by atoms with Crippen molar-refractivity contribution in [2.75, 3.05) is 9.80 Å². The zero-order chi connectivity index (χ0) is 48.1. The quantitative estimate of drug-likeness (QED) is 0.122. The highest BCUT2D eigenvalue weighted by Gasteiger charge is 2.47. The van der Waals surface area contributed by atoms with Crippen molar-refractivity contribution in [3.8, 4) is 0 Å². The van der Waals surface area contributed by atoms with Crippen LogP contribution in [0, 0.1) is 0 Å². The Bertz CT molecular complexity index is 4160. The van der Waals surface area contributed by atoms with Gasteiger partial charge in [-0.1, -0.05) is 187 Å². The van der Waals surface area contributed by atoms with Crippen molar-refractivity contribution < 1.29 is 0 Å². The normalized spacial score (nSPS) is 13.6. The van der Waals surface area contributed by atoms with Crippen LogP contribution in [0.2, 0.25) is 0 Å². The third-order valence-electron chi connectivity index (χ3n) is 17.4. The summed E-state index contributed by atoms with van der Waals surface area (Å²) in [6.07, 6.45) is 2.09. The van der Waals surface area contributed by atoms with E-state index >= 15 is 0 Å². The summed E-state index contributed by atoms with van der Waals surface area (Å²) in [6.45, 7) is 14.2. The smallest absolute Gasteiger partial charge is 0.255 e. The number of hydrogen-bond donors (Lipinski definition) is 0. The molecule has 0 saturated carbocycles. The molecule has 3 nitrogen and oxygen atoms in total. The van der Waals surface area contributed by atoms with E-state index in [1.165, 1.54) is 137 Å². The molecule has 2 aliphatic rings. The Morgan fingerprint density at radius 2 is 0.761 bits per heavy atom. The minimum atomic E-state index is -0.0462. The molecule has 0 amide bonds. The predicted molar refractivity (Wildman–Crippen MR) is 309 cm³/mol. The fourth-order valence-electron chi connectivity index (χ4n) is 12.9. The van der Waals surface area contributed by atoms with E-state index in [1.807, 2.05) is 0 Å². The van der Waals surface area contributed by atoms with Gasteiger partial charge in [-0.3, -0.25) is 4.90 Å². The summed E-state index contributed by atoms with van der Waals surface area (Å²) in [5.74, 6) is 1.23. The number of benzene rings is 11. The third-order valence-corrected chi connectivity index (χ3v) is 17.4. The van der Waals surface area contributed by atoms with Crippen LogP contribution >= 0.6 is 0 Å². The van der Waals surface area contributed by atoms with Gasteiger partial charge in [0.2, 0.25) is 0 Å². The molecule has 2 aliphatic heterocycles. The molecule has 11 aromatic carbocycles. The number of fused-ring (bicyclic) bond motifs is 18. The number of rotatable bonds is 6. The molecule has 0 spiro atoms. The van der Waals surface area contributed by atoms with Crippen LogP contribution in [0.3, 0.4) is 0 Å². The minimum Gasteiger partial charge on any atom is -0.330 e. The molecule has 0 unspecified atom stereocenters. The van der Waals surface area contributed by atoms with E-state index < -0.39 is 0 Å². The second-order valence-electron chi connectivity index (χ2n) is 21.7. The first-order valence-electron chi connectivity index (χ1n) is 25.7. The van der Waals surface area contributed by atoms with Gasteiger partial charge in [0, 0.05) is 40.4 Å². The second-order valence-corrected chi connectivity index (χ2v) is 21.7. The molecule has 3 heterocycles. The number of anilines is 6. The highest BCUT2D eigenvalue weighted by molar-refractivity contribution is 7.01. The molecular weight excluding hydrogens is 858 g/mol. The summed E-state index contributed by atoms with van der Waals surface area (Å²) in [6, 6.07) is 72.0. The zero-order valence-corrected chi connectivity index (χ0v) is 41.7. The lowest BCUT2D eigenvalue weighted by Gasteiger charge is -2.44. The van der Waals surface area contributed by atoms with Gasteiger partial charge in [-0.25, -0.2) is 0 Å². The Labute approximate surface area is 416 Å². The Hall–Kier alpha value is -7.82. The van der Waals surface area contributed by atoms with E-state index in [4.69, 9.17) is 0 Å². The lowest BCUT2D eigenvalue weighted by atomic mass is 9.33. The van der Waals surface area contributed by atoms with Gasteiger partial charge in [0.25, 0.3) is 6.71 Å². The highest BCUT2D eigenvalue weighted by Crippen LogP contribution is 2.51. The number of aromatic nitrogens is 1. The average molecular weight is 914 g/mol. The molecule has 0 atom stereocenters. The van der Waals surface area contributed by atoms with E-state index in [0.29, 0.717) is 0 Å². The van der Waals surface area contributed by atoms with E-state index in [2.05, 4.69) is 251 Å². The SMILES string of the molecule is CCC(C)(C)c1ccc2c(c1)B1c3c(cccc3N(c3cccc4c5ccccc5c5ccccc5c34)c3c1c1cc(C(C)(C)CC)ccc1n3C)N2c1cccc2c3ccccc3c3ccccc3c12. The molecular formula is C67H56BN3. The van der Waals surface area contributed by atoms with Gasteiger partial charge in [0.05, 0.1) is 11.4 Å². The molecule has 1 aromatic heterocycles. The van der Waals surface area contributed by atoms with Crippen LogP contribution in [0.1, 0.15) is 65.5 Å². The number of aryl methyl sites for hydroxylation is 1. The van der Waals surface area contributed by atoms with Crippen LogP contribution in [0.5, 0.6) is 0 Å². The molecule has 12 aromatic rings. The van der Waals surface area contributed by atoms with Crippen molar-refractivity contribution in [3.63, 3.8) is 0 Å². The summed E-state index contributed by atoms with van der Waals surface area (Å²) >= 11 is 0. The molecule has 342 valence electrons. The van der Waals surface area contributed by atoms with Crippen LogP contribution in [-0.2, 0) is 17.9 Å². The van der Waals surface area contributed by atoms with Gasteiger partial charge in [-0.15, -0.1) is 0 Å². The molecule has 0 radical (unpaired) electrons. The highest BCUT2D eigenvalue weighted by atomic mass is 15.3. The summed E-state index contributed by atoms with van der Waals surface area (Å²) in [4.78, 5) is 5.30. The molecule has 0 fully saturated rings. The predicted octanol–water partition coefficient (Wildman–Crippen LogP) is 16.6. The molecule has 0 aliphatic carbocycles. The van der Waals surface area contributed by atoms with Gasteiger partial charge in [-0.2, -0.15) is 0 Å². The largest absolute Gasteiger partial charge is 0.330 e. The average Bonchev–Trinajstić information content (AvgIpc) is 3.71. The van der Waals surface area contributed by atoms with Crippen molar-refractivity contribution in [1.82, 2.24) is 4.57 Å². The van der Waals surface area contributed by atoms with E-state index in [1.54, 1.807) is 0 Å². The number of nitrogens with zero attached hydrogens (tertiary/aromatic N) is 3. The summed E-state index contributed by atoms with van der Waals surface area (Å²) in [5, 5.41) is 16.6. The summed E-state index contributed by atoms with van der Waals surface area (Å²) in [5.41, 5.74) is 14.1. The Morgan fingerprint density at radius 1 is 0.366 bits per heavy atom. The molecule has 0 N–H and O–H groups in total. The molecule has 14 rings (SSSR count). The molecule has 0 bridgehead atoms. The van der Waals surface area contributed by atoms with Crippen molar-refractivity contribution in [1.29, 1.82) is 0 Å². The zero-order valence-electron chi connectivity index (χ0n) is 41.7. The molecule has 71 heavy (non-hydrogen) atoms. The van der Waals surface area contributed by atoms with E-state index in [-0.39, 0.29) is 17.5 Å². The fourth-order valence-corrected chi connectivity index (χ4v) is 12.9. The van der Waals surface area contributed by atoms with Gasteiger partial charge in [-0.05, 0) is 153 Å². The Balaban J connectivity index is 1.16. The van der Waals surface area contributed by atoms with Crippen molar-refractivity contribution in [2.24, 2.45) is 7.05 Å². The van der Waals surface area contributed by atoms with Crippen LogP contribution in [-0.4, -0.2) is 11.3 Å². The van der Waals surface area contributed by atoms with Crippen molar-refractivity contribution >= 4 is 133 Å². The van der Waals surface area contributed by atoms with Crippen LogP contribution in [0.25, 0.3) is 75.5 Å². The van der Waals surface area contributed by atoms with Crippen molar-refractivity contribution in [3.05, 3.63) is 199 Å². The van der Waals surface area contributed by atoms with E-state index in [0.717, 1.165) is 12.8 Å². The number of hydrogen-bond acceptors (Lipinski definition) is 2. The fraction of sp³-hybridized carbons (Fsp3) is 0.164. The summed E-state index contributed by atoms with van der Waals surface area (Å²) < 4.78 is 2.51. The second kappa shape index (κ2) is 15.1.